The van der Waals surface area contributed by atoms with Gasteiger partial charge >= 0.3 is 0 Å². The first-order chi connectivity index (χ1) is 9.74. The molecule has 2 rings (SSSR count). The Morgan fingerprint density at radius 2 is 1.65 bits per heavy atom. The standard InChI is InChI=1S/C18H21ClO/c1-3-4-5-6-14-7-9-15(10-8-14)16-11-12-18(20-2)17(19)13-16/h7-13H,3-6H2,1-2H3. The monoisotopic (exact) mass is 288 g/mol. The summed E-state index contributed by atoms with van der Waals surface area (Å²) < 4.78 is 5.18. The van der Waals surface area contributed by atoms with Crippen LogP contribution in [0.2, 0.25) is 5.02 Å². The van der Waals surface area contributed by atoms with Crippen LogP contribution in [0.1, 0.15) is 31.7 Å². The molecule has 0 atom stereocenters. The van der Waals surface area contributed by atoms with Crippen LogP contribution in [0.5, 0.6) is 5.75 Å². The number of ether oxygens (including phenoxy) is 1. The number of hydrogen-bond acceptors (Lipinski definition) is 1. The molecule has 2 heteroatoms. The molecule has 0 aliphatic carbocycles. The summed E-state index contributed by atoms with van der Waals surface area (Å²) in [5, 5.41) is 0.650. The molecule has 0 amide bonds. The molecular weight excluding hydrogens is 268 g/mol. The van der Waals surface area contributed by atoms with Crippen LogP contribution in [0.25, 0.3) is 11.1 Å². The van der Waals surface area contributed by atoms with E-state index in [1.54, 1.807) is 7.11 Å². The number of rotatable bonds is 6. The molecule has 2 aromatic rings. The Labute approximate surface area is 126 Å². The maximum atomic E-state index is 6.17. The molecule has 1 nitrogen and oxygen atoms in total. The molecule has 106 valence electrons. The maximum absolute atomic E-state index is 6.17. The molecule has 0 N–H and O–H groups in total. The van der Waals surface area contributed by atoms with Gasteiger partial charge in [-0.2, -0.15) is 0 Å². The molecule has 0 unspecified atom stereocenters. The topological polar surface area (TPSA) is 9.23 Å². The van der Waals surface area contributed by atoms with E-state index in [4.69, 9.17) is 16.3 Å². The zero-order valence-corrected chi connectivity index (χ0v) is 12.9. The van der Waals surface area contributed by atoms with Crippen LogP contribution in [-0.4, -0.2) is 7.11 Å². The lowest BCUT2D eigenvalue weighted by Crippen LogP contribution is -1.87. The van der Waals surface area contributed by atoms with Gasteiger partial charge < -0.3 is 4.74 Å². The molecule has 0 radical (unpaired) electrons. The quantitative estimate of drug-likeness (QED) is 0.615. The van der Waals surface area contributed by atoms with E-state index in [0.29, 0.717) is 10.8 Å². The summed E-state index contributed by atoms with van der Waals surface area (Å²) in [7, 11) is 1.63. The van der Waals surface area contributed by atoms with Crippen LogP contribution in [0.15, 0.2) is 42.5 Å². The molecule has 0 aliphatic heterocycles. The van der Waals surface area contributed by atoms with Gasteiger partial charge in [0.05, 0.1) is 12.1 Å². The molecule has 0 spiro atoms. The van der Waals surface area contributed by atoms with Crippen LogP contribution >= 0.6 is 11.6 Å². The summed E-state index contributed by atoms with van der Waals surface area (Å²) in [6, 6.07) is 14.7. The number of benzene rings is 2. The van der Waals surface area contributed by atoms with Crippen LogP contribution < -0.4 is 4.74 Å². The summed E-state index contributed by atoms with van der Waals surface area (Å²) in [4.78, 5) is 0. The first-order valence-corrected chi connectivity index (χ1v) is 7.55. The van der Waals surface area contributed by atoms with Crippen molar-refractivity contribution >= 4 is 11.6 Å². The van der Waals surface area contributed by atoms with Gasteiger partial charge in [0.1, 0.15) is 5.75 Å². The normalized spacial score (nSPS) is 10.6. The lowest BCUT2D eigenvalue weighted by Gasteiger charge is -2.07. The minimum absolute atomic E-state index is 0.650. The van der Waals surface area contributed by atoms with Gasteiger partial charge in [-0.15, -0.1) is 0 Å². The predicted molar refractivity (Wildman–Crippen MR) is 86.7 cm³/mol. The highest BCUT2D eigenvalue weighted by Crippen LogP contribution is 2.30. The van der Waals surface area contributed by atoms with E-state index in [1.165, 1.54) is 30.4 Å². The van der Waals surface area contributed by atoms with Gasteiger partial charge in [0.15, 0.2) is 0 Å². The molecule has 0 aliphatic rings. The fourth-order valence-electron chi connectivity index (χ4n) is 2.29. The Hall–Kier alpha value is -1.47. The lowest BCUT2D eigenvalue weighted by atomic mass is 10.0. The molecule has 2 aromatic carbocycles. The van der Waals surface area contributed by atoms with E-state index in [2.05, 4.69) is 31.2 Å². The van der Waals surface area contributed by atoms with E-state index in [9.17, 15) is 0 Å². The van der Waals surface area contributed by atoms with E-state index in [1.807, 2.05) is 18.2 Å². The third kappa shape index (κ3) is 3.77. The van der Waals surface area contributed by atoms with E-state index >= 15 is 0 Å². The molecule has 0 heterocycles. The molecule has 0 saturated heterocycles. The van der Waals surface area contributed by atoms with Crippen LogP contribution in [0, 0.1) is 0 Å². The largest absolute Gasteiger partial charge is 0.495 e. The third-order valence-corrected chi connectivity index (χ3v) is 3.80. The lowest BCUT2D eigenvalue weighted by molar-refractivity contribution is 0.415. The summed E-state index contributed by atoms with van der Waals surface area (Å²) in [6.07, 6.45) is 5.00. The van der Waals surface area contributed by atoms with Crippen molar-refractivity contribution in [2.45, 2.75) is 32.6 Å². The summed E-state index contributed by atoms with van der Waals surface area (Å²) >= 11 is 6.17. The average molecular weight is 289 g/mol. The van der Waals surface area contributed by atoms with Crippen molar-refractivity contribution in [2.24, 2.45) is 0 Å². The van der Waals surface area contributed by atoms with Gasteiger partial charge in [0, 0.05) is 0 Å². The number of aryl methyl sites for hydroxylation is 1. The van der Waals surface area contributed by atoms with E-state index in [0.717, 1.165) is 12.0 Å². The molecule has 0 saturated carbocycles. The highest BCUT2D eigenvalue weighted by molar-refractivity contribution is 6.32. The van der Waals surface area contributed by atoms with Crippen molar-refractivity contribution in [1.82, 2.24) is 0 Å². The summed E-state index contributed by atoms with van der Waals surface area (Å²) in [5.74, 6) is 0.714. The first-order valence-electron chi connectivity index (χ1n) is 7.17. The van der Waals surface area contributed by atoms with Crippen molar-refractivity contribution in [3.05, 3.63) is 53.1 Å². The van der Waals surface area contributed by atoms with Crippen molar-refractivity contribution < 1.29 is 4.74 Å². The van der Waals surface area contributed by atoms with Gasteiger partial charge in [0.2, 0.25) is 0 Å². The van der Waals surface area contributed by atoms with Crippen molar-refractivity contribution in [3.8, 4) is 16.9 Å². The highest BCUT2D eigenvalue weighted by atomic mass is 35.5. The molecule has 0 aromatic heterocycles. The Bertz CT molecular complexity index is 546. The molecular formula is C18H21ClO. The fourth-order valence-corrected chi connectivity index (χ4v) is 2.55. The van der Waals surface area contributed by atoms with Gasteiger partial charge in [0.25, 0.3) is 0 Å². The predicted octanol–water partition coefficient (Wildman–Crippen LogP) is 5.75. The minimum Gasteiger partial charge on any atom is -0.495 e. The number of halogens is 1. The molecule has 20 heavy (non-hydrogen) atoms. The second-order valence-corrected chi connectivity index (χ2v) is 5.41. The van der Waals surface area contributed by atoms with Crippen molar-refractivity contribution in [3.63, 3.8) is 0 Å². The molecule has 0 bridgehead atoms. The number of unbranched alkanes of at least 4 members (excludes halogenated alkanes) is 2. The Balaban J connectivity index is 2.11. The first kappa shape index (κ1) is 14.9. The maximum Gasteiger partial charge on any atom is 0.137 e. The Morgan fingerprint density at radius 3 is 2.25 bits per heavy atom. The number of hydrogen-bond donors (Lipinski definition) is 0. The third-order valence-electron chi connectivity index (χ3n) is 3.51. The fraction of sp³-hybridized carbons (Fsp3) is 0.333. The molecule has 0 fully saturated rings. The van der Waals surface area contributed by atoms with Gasteiger partial charge in [-0.1, -0.05) is 61.7 Å². The number of methoxy groups -OCH3 is 1. The minimum atomic E-state index is 0.650. The van der Waals surface area contributed by atoms with Crippen LogP contribution in [0.3, 0.4) is 0 Å². The van der Waals surface area contributed by atoms with Crippen molar-refractivity contribution in [2.75, 3.05) is 7.11 Å². The van der Waals surface area contributed by atoms with Gasteiger partial charge in [-0.25, -0.2) is 0 Å². The van der Waals surface area contributed by atoms with Crippen LogP contribution in [-0.2, 0) is 6.42 Å². The second kappa shape index (κ2) is 7.35. The van der Waals surface area contributed by atoms with Gasteiger partial charge in [-0.3, -0.25) is 0 Å². The average Bonchev–Trinajstić information content (AvgIpc) is 2.48. The van der Waals surface area contributed by atoms with Crippen molar-refractivity contribution in [1.29, 1.82) is 0 Å². The zero-order valence-electron chi connectivity index (χ0n) is 12.2. The van der Waals surface area contributed by atoms with Gasteiger partial charge in [-0.05, 0) is 41.7 Å². The van der Waals surface area contributed by atoms with E-state index < -0.39 is 0 Å². The van der Waals surface area contributed by atoms with Crippen LogP contribution in [0.4, 0.5) is 0 Å². The summed E-state index contributed by atoms with van der Waals surface area (Å²) in [6.45, 7) is 2.23. The Kier molecular flexibility index (Phi) is 5.49. The Morgan fingerprint density at radius 1 is 0.950 bits per heavy atom. The zero-order chi connectivity index (χ0) is 14.4. The smallest absolute Gasteiger partial charge is 0.137 e. The van der Waals surface area contributed by atoms with E-state index in [-0.39, 0.29) is 0 Å². The summed E-state index contributed by atoms with van der Waals surface area (Å²) in [5.41, 5.74) is 3.71. The SMILES string of the molecule is CCCCCc1ccc(-c2ccc(OC)c(Cl)c2)cc1. The second-order valence-electron chi connectivity index (χ2n) is 5.00. The highest BCUT2D eigenvalue weighted by Gasteiger charge is 2.04.